The van der Waals surface area contributed by atoms with Gasteiger partial charge in [-0.1, -0.05) is 12.1 Å². The number of hydrogen-bond acceptors (Lipinski definition) is 5. The summed E-state index contributed by atoms with van der Waals surface area (Å²) in [5.41, 5.74) is 3.32. The Kier molecular flexibility index (Phi) is 3.70. The van der Waals surface area contributed by atoms with E-state index in [-0.39, 0.29) is 5.82 Å². The van der Waals surface area contributed by atoms with Crippen molar-refractivity contribution in [2.75, 3.05) is 5.32 Å². The van der Waals surface area contributed by atoms with Gasteiger partial charge in [-0.05, 0) is 47.7 Å². The highest BCUT2D eigenvalue weighted by Gasteiger charge is 2.10. The summed E-state index contributed by atoms with van der Waals surface area (Å²) < 4.78 is 15.1. The number of nitrogens with one attached hydrogen (secondary N) is 1. The molecule has 4 aromatic rings. The highest BCUT2D eigenvalue weighted by molar-refractivity contribution is 7.08. The summed E-state index contributed by atoms with van der Waals surface area (Å²) in [6.45, 7) is 2.32. The topological polar surface area (TPSA) is 55.1 Å². The van der Waals surface area contributed by atoms with Crippen molar-refractivity contribution in [2.45, 2.75) is 13.5 Å². The van der Waals surface area contributed by atoms with E-state index in [4.69, 9.17) is 0 Å². The number of fused-ring (bicyclic) bond motifs is 1. The first kappa shape index (κ1) is 14.8. The van der Waals surface area contributed by atoms with Crippen LogP contribution in [0.1, 0.15) is 11.1 Å². The predicted octanol–water partition coefficient (Wildman–Crippen LogP) is 3.91. The van der Waals surface area contributed by atoms with E-state index in [9.17, 15) is 4.39 Å². The van der Waals surface area contributed by atoms with E-state index in [0.29, 0.717) is 29.4 Å². The third-order valence-electron chi connectivity index (χ3n) is 3.74. The second-order valence-electron chi connectivity index (χ2n) is 5.46. The maximum atomic E-state index is 13.3. The first-order chi connectivity index (χ1) is 11.7. The maximum absolute atomic E-state index is 13.3. The van der Waals surface area contributed by atoms with E-state index >= 15 is 0 Å². The number of hydrogen-bond donors (Lipinski definition) is 1. The van der Waals surface area contributed by atoms with E-state index < -0.39 is 0 Å². The lowest BCUT2D eigenvalue weighted by molar-refractivity contribution is 0.617. The van der Waals surface area contributed by atoms with Crippen LogP contribution in [0.5, 0.6) is 0 Å². The zero-order valence-corrected chi connectivity index (χ0v) is 13.7. The van der Waals surface area contributed by atoms with Gasteiger partial charge < -0.3 is 5.32 Å². The van der Waals surface area contributed by atoms with Crippen molar-refractivity contribution < 1.29 is 4.39 Å². The van der Waals surface area contributed by atoms with Crippen LogP contribution in [0.3, 0.4) is 0 Å². The van der Waals surface area contributed by atoms with Gasteiger partial charge in [-0.3, -0.25) is 0 Å². The van der Waals surface area contributed by atoms with E-state index in [2.05, 4.69) is 20.6 Å². The average Bonchev–Trinajstić information content (AvgIpc) is 3.24. The van der Waals surface area contributed by atoms with E-state index in [0.717, 1.165) is 11.1 Å². The molecule has 0 aliphatic rings. The Bertz CT molecular complexity index is 994. The molecule has 0 saturated carbocycles. The highest BCUT2D eigenvalue weighted by atomic mass is 32.1. The van der Waals surface area contributed by atoms with Gasteiger partial charge in [0.05, 0.1) is 0 Å². The molecule has 0 aliphatic heterocycles. The van der Waals surface area contributed by atoms with E-state index in [1.165, 1.54) is 6.07 Å². The van der Waals surface area contributed by atoms with Crippen molar-refractivity contribution in [3.05, 3.63) is 64.1 Å². The van der Waals surface area contributed by atoms with Gasteiger partial charge in [-0.15, -0.1) is 15.3 Å². The van der Waals surface area contributed by atoms with Gasteiger partial charge >= 0.3 is 0 Å². The molecule has 0 spiro atoms. The lowest BCUT2D eigenvalue weighted by atomic mass is 10.1. The fourth-order valence-electron chi connectivity index (χ4n) is 2.46. The van der Waals surface area contributed by atoms with Crippen molar-refractivity contribution in [3.8, 4) is 11.4 Å². The molecule has 3 heterocycles. The molecule has 1 aromatic carbocycles. The first-order valence-electron chi connectivity index (χ1n) is 7.44. The van der Waals surface area contributed by atoms with Gasteiger partial charge in [0.2, 0.25) is 0 Å². The smallest absolute Gasteiger partial charge is 0.186 e. The normalized spacial score (nSPS) is 11.1. The third-order valence-corrected chi connectivity index (χ3v) is 4.42. The van der Waals surface area contributed by atoms with Crippen molar-refractivity contribution in [1.29, 1.82) is 0 Å². The number of halogens is 1. The predicted molar refractivity (Wildman–Crippen MR) is 92.6 cm³/mol. The van der Waals surface area contributed by atoms with Gasteiger partial charge in [0, 0.05) is 17.5 Å². The summed E-state index contributed by atoms with van der Waals surface area (Å²) in [6, 6.07) is 10.8. The quantitative estimate of drug-likeness (QED) is 0.612. The zero-order valence-electron chi connectivity index (χ0n) is 12.9. The van der Waals surface area contributed by atoms with Crippen LogP contribution in [0, 0.1) is 12.7 Å². The van der Waals surface area contributed by atoms with Crippen LogP contribution in [0.4, 0.5) is 10.2 Å². The van der Waals surface area contributed by atoms with Crippen LogP contribution < -0.4 is 5.32 Å². The van der Waals surface area contributed by atoms with E-state index in [1.807, 2.05) is 35.0 Å². The Balaban J connectivity index is 1.60. The molecule has 120 valence electrons. The number of nitrogens with zero attached hydrogens (tertiary/aromatic N) is 4. The van der Waals surface area contributed by atoms with Gasteiger partial charge in [-0.2, -0.15) is 15.9 Å². The Morgan fingerprint density at radius 2 is 2.08 bits per heavy atom. The van der Waals surface area contributed by atoms with Crippen LogP contribution in [0.25, 0.3) is 17.0 Å². The van der Waals surface area contributed by atoms with Crippen molar-refractivity contribution >= 4 is 22.8 Å². The van der Waals surface area contributed by atoms with Crippen LogP contribution in [0.2, 0.25) is 0 Å². The number of aryl methyl sites for hydroxylation is 1. The summed E-state index contributed by atoms with van der Waals surface area (Å²) in [6.07, 6.45) is 0. The minimum Gasteiger partial charge on any atom is -0.365 e. The zero-order chi connectivity index (χ0) is 16.5. The molecule has 1 N–H and O–H groups in total. The highest BCUT2D eigenvalue weighted by Crippen LogP contribution is 2.21. The number of thiophene rings is 1. The Labute approximate surface area is 141 Å². The molecule has 0 radical (unpaired) electrons. The SMILES string of the molecule is Cc1cc(CNc2ccc3nnc(-c4ccsc4)n3n2)ccc1F. The van der Waals surface area contributed by atoms with Crippen LogP contribution in [-0.2, 0) is 6.54 Å². The summed E-state index contributed by atoms with van der Waals surface area (Å²) in [7, 11) is 0. The molecule has 0 atom stereocenters. The van der Waals surface area contributed by atoms with Crippen molar-refractivity contribution in [3.63, 3.8) is 0 Å². The fraction of sp³-hybridized carbons (Fsp3) is 0.118. The van der Waals surface area contributed by atoms with Gasteiger partial charge in [-0.25, -0.2) is 4.39 Å². The van der Waals surface area contributed by atoms with Crippen LogP contribution >= 0.6 is 11.3 Å². The molecule has 7 heteroatoms. The average molecular weight is 339 g/mol. The number of benzene rings is 1. The van der Waals surface area contributed by atoms with Gasteiger partial charge in [0.25, 0.3) is 0 Å². The molecule has 0 unspecified atom stereocenters. The molecule has 4 rings (SSSR count). The number of anilines is 1. The summed E-state index contributed by atoms with van der Waals surface area (Å²) >= 11 is 1.61. The molecule has 0 bridgehead atoms. The van der Waals surface area contributed by atoms with Crippen molar-refractivity contribution in [2.24, 2.45) is 0 Å². The molecule has 0 fully saturated rings. The fourth-order valence-corrected chi connectivity index (χ4v) is 3.10. The minimum absolute atomic E-state index is 0.191. The summed E-state index contributed by atoms with van der Waals surface area (Å²) in [5, 5.41) is 20.2. The maximum Gasteiger partial charge on any atom is 0.186 e. The first-order valence-corrected chi connectivity index (χ1v) is 8.39. The van der Waals surface area contributed by atoms with Gasteiger partial charge in [0.1, 0.15) is 11.6 Å². The summed E-state index contributed by atoms with van der Waals surface area (Å²) in [4.78, 5) is 0. The monoisotopic (exact) mass is 339 g/mol. The molecule has 0 saturated heterocycles. The second-order valence-corrected chi connectivity index (χ2v) is 6.24. The van der Waals surface area contributed by atoms with E-state index in [1.54, 1.807) is 28.8 Å². The minimum atomic E-state index is -0.191. The Morgan fingerprint density at radius 1 is 1.17 bits per heavy atom. The molecule has 0 amide bonds. The standard InChI is InChI=1S/C17H14FN5S/c1-11-8-12(2-3-14(11)18)9-19-15-4-5-16-20-21-17(23(16)22-15)13-6-7-24-10-13/h2-8,10H,9H2,1H3,(H,19,22). The Hall–Kier alpha value is -2.80. The number of aromatic nitrogens is 4. The third kappa shape index (κ3) is 2.74. The van der Waals surface area contributed by atoms with Crippen molar-refractivity contribution in [1.82, 2.24) is 19.8 Å². The second kappa shape index (κ2) is 6.01. The molecule has 5 nitrogen and oxygen atoms in total. The molecule has 0 aliphatic carbocycles. The molecule has 3 aromatic heterocycles. The van der Waals surface area contributed by atoms with Gasteiger partial charge in [0.15, 0.2) is 11.5 Å². The molecular formula is C17H14FN5S. The van der Waals surface area contributed by atoms with Crippen LogP contribution in [-0.4, -0.2) is 19.8 Å². The largest absolute Gasteiger partial charge is 0.365 e. The van der Waals surface area contributed by atoms with Crippen LogP contribution in [0.15, 0.2) is 47.2 Å². The lowest BCUT2D eigenvalue weighted by Gasteiger charge is -2.07. The molecule has 24 heavy (non-hydrogen) atoms. The lowest BCUT2D eigenvalue weighted by Crippen LogP contribution is -2.05. The Morgan fingerprint density at radius 3 is 2.88 bits per heavy atom. The molecular weight excluding hydrogens is 325 g/mol. The summed E-state index contributed by atoms with van der Waals surface area (Å²) in [5.74, 6) is 1.23. The number of rotatable bonds is 4.